The molecule has 5 nitrogen and oxygen atoms in total. The summed E-state index contributed by atoms with van der Waals surface area (Å²) < 4.78 is 5.04. The first-order valence-corrected chi connectivity index (χ1v) is 4.74. The lowest BCUT2D eigenvalue weighted by Crippen LogP contribution is -2.62. The van der Waals surface area contributed by atoms with E-state index in [0.29, 0.717) is 17.6 Å². The standard InChI is InChI=1S/C9H11N3O2/c1-6-10-8(14-11-6)12-4-9(5-12)2-7(13)3-9/h2-5H2,1H3. The Morgan fingerprint density at radius 1 is 1.43 bits per heavy atom. The maximum atomic E-state index is 10.9. The zero-order chi connectivity index (χ0) is 9.76. The van der Waals surface area contributed by atoms with Crippen molar-refractivity contribution in [2.45, 2.75) is 19.8 Å². The maximum Gasteiger partial charge on any atom is 0.324 e. The van der Waals surface area contributed by atoms with Crippen LogP contribution in [0.1, 0.15) is 18.7 Å². The number of anilines is 1. The van der Waals surface area contributed by atoms with Gasteiger partial charge in [-0.15, -0.1) is 0 Å². The zero-order valence-electron chi connectivity index (χ0n) is 7.99. The Bertz CT molecular complexity index is 383. The highest BCUT2D eigenvalue weighted by molar-refractivity contribution is 5.87. The lowest BCUT2D eigenvalue weighted by molar-refractivity contribution is -0.134. The number of ketones is 1. The van der Waals surface area contributed by atoms with E-state index in [9.17, 15) is 4.79 Å². The molecule has 1 aliphatic carbocycles. The summed E-state index contributed by atoms with van der Waals surface area (Å²) in [5, 5.41) is 3.73. The van der Waals surface area contributed by atoms with Crippen LogP contribution in [-0.4, -0.2) is 29.0 Å². The predicted octanol–water partition coefficient (Wildman–Crippen LogP) is 0.547. The van der Waals surface area contributed by atoms with E-state index < -0.39 is 0 Å². The van der Waals surface area contributed by atoms with E-state index in [4.69, 9.17) is 4.52 Å². The number of aromatic nitrogens is 2. The van der Waals surface area contributed by atoms with E-state index in [0.717, 1.165) is 25.9 Å². The van der Waals surface area contributed by atoms with E-state index in [1.54, 1.807) is 6.92 Å². The van der Waals surface area contributed by atoms with Gasteiger partial charge in [-0.3, -0.25) is 4.79 Å². The molecule has 0 atom stereocenters. The Labute approximate surface area is 81.1 Å². The Hall–Kier alpha value is -1.39. The topological polar surface area (TPSA) is 59.2 Å². The van der Waals surface area contributed by atoms with Crippen LogP contribution in [0.5, 0.6) is 0 Å². The van der Waals surface area contributed by atoms with Crippen LogP contribution in [0, 0.1) is 12.3 Å². The first-order valence-electron chi connectivity index (χ1n) is 4.74. The molecule has 3 rings (SSSR count). The lowest BCUT2D eigenvalue weighted by Gasteiger charge is -2.53. The van der Waals surface area contributed by atoms with Gasteiger partial charge in [0.15, 0.2) is 5.82 Å². The second-order valence-corrected chi connectivity index (χ2v) is 4.37. The molecular formula is C9H11N3O2. The fourth-order valence-corrected chi connectivity index (χ4v) is 2.32. The third-order valence-electron chi connectivity index (χ3n) is 2.98. The molecular weight excluding hydrogens is 182 g/mol. The average Bonchev–Trinajstić information content (AvgIpc) is 2.41. The molecule has 0 bridgehead atoms. The highest BCUT2D eigenvalue weighted by Crippen LogP contribution is 2.46. The molecule has 14 heavy (non-hydrogen) atoms. The molecule has 2 aliphatic rings. The molecule has 2 heterocycles. The first-order chi connectivity index (χ1) is 6.67. The van der Waals surface area contributed by atoms with Gasteiger partial charge in [0.2, 0.25) is 0 Å². The van der Waals surface area contributed by atoms with E-state index in [2.05, 4.69) is 10.1 Å². The summed E-state index contributed by atoms with van der Waals surface area (Å²) >= 11 is 0. The Morgan fingerprint density at radius 2 is 2.14 bits per heavy atom. The fourth-order valence-electron chi connectivity index (χ4n) is 2.32. The molecule has 1 saturated heterocycles. The largest absolute Gasteiger partial charge is 0.324 e. The summed E-state index contributed by atoms with van der Waals surface area (Å²) in [6, 6.07) is 0.590. The van der Waals surface area contributed by atoms with Crippen LogP contribution in [0.25, 0.3) is 0 Å². The number of hydrogen-bond donors (Lipinski definition) is 0. The summed E-state index contributed by atoms with van der Waals surface area (Å²) in [5.41, 5.74) is 0.249. The summed E-state index contributed by atoms with van der Waals surface area (Å²) in [6.45, 7) is 3.58. The number of Topliss-reactive ketones (excluding diaryl/α,β-unsaturated/α-hetero) is 1. The fraction of sp³-hybridized carbons (Fsp3) is 0.667. The van der Waals surface area contributed by atoms with Gasteiger partial charge in [0.05, 0.1) is 0 Å². The van der Waals surface area contributed by atoms with Crippen molar-refractivity contribution in [2.24, 2.45) is 5.41 Å². The number of aryl methyl sites for hydroxylation is 1. The van der Waals surface area contributed by atoms with E-state index in [1.807, 2.05) is 4.90 Å². The number of hydrogen-bond acceptors (Lipinski definition) is 5. The van der Waals surface area contributed by atoms with Crippen molar-refractivity contribution in [3.63, 3.8) is 0 Å². The Balaban J connectivity index is 1.67. The van der Waals surface area contributed by atoms with Crippen molar-refractivity contribution in [1.29, 1.82) is 0 Å². The number of nitrogens with zero attached hydrogens (tertiary/aromatic N) is 3. The van der Waals surface area contributed by atoms with Gasteiger partial charge >= 0.3 is 6.01 Å². The zero-order valence-corrected chi connectivity index (χ0v) is 7.99. The minimum Gasteiger partial charge on any atom is -0.323 e. The lowest BCUT2D eigenvalue weighted by atomic mass is 9.63. The normalized spacial score (nSPS) is 23.5. The molecule has 1 aromatic heterocycles. The predicted molar refractivity (Wildman–Crippen MR) is 47.9 cm³/mol. The molecule has 0 unspecified atom stereocenters. The van der Waals surface area contributed by atoms with Gasteiger partial charge < -0.3 is 9.42 Å². The van der Waals surface area contributed by atoms with Crippen molar-refractivity contribution in [3.8, 4) is 0 Å². The van der Waals surface area contributed by atoms with Crippen LogP contribution in [0.2, 0.25) is 0 Å². The monoisotopic (exact) mass is 193 g/mol. The quantitative estimate of drug-likeness (QED) is 0.651. The molecule has 0 N–H and O–H groups in total. The molecule has 5 heteroatoms. The maximum absolute atomic E-state index is 10.9. The smallest absolute Gasteiger partial charge is 0.323 e. The molecule has 74 valence electrons. The number of rotatable bonds is 1. The third-order valence-corrected chi connectivity index (χ3v) is 2.98. The van der Waals surface area contributed by atoms with Gasteiger partial charge in [-0.2, -0.15) is 4.98 Å². The van der Waals surface area contributed by atoms with Crippen LogP contribution in [0.3, 0.4) is 0 Å². The van der Waals surface area contributed by atoms with Gasteiger partial charge in [0.1, 0.15) is 5.78 Å². The van der Waals surface area contributed by atoms with Gasteiger partial charge in [-0.1, -0.05) is 5.16 Å². The van der Waals surface area contributed by atoms with Gasteiger partial charge in [-0.05, 0) is 6.92 Å². The second kappa shape index (κ2) is 2.34. The third kappa shape index (κ3) is 0.981. The average molecular weight is 193 g/mol. The molecule has 1 aliphatic heterocycles. The molecule has 1 spiro atoms. The highest BCUT2D eigenvalue weighted by Gasteiger charge is 2.53. The van der Waals surface area contributed by atoms with E-state index >= 15 is 0 Å². The van der Waals surface area contributed by atoms with E-state index in [1.165, 1.54) is 0 Å². The number of carbonyl (C=O) groups is 1. The highest BCUT2D eigenvalue weighted by atomic mass is 16.5. The van der Waals surface area contributed by atoms with Crippen molar-refractivity contribution < 1.29 is 9.32 Å². The molecule has 2 fully saturated rings. The minimum atomic E-state index is 0.249. The van der Waals surface area contributed by atoms with Crippen LogP contribution < -0.4 is 4.90 Å². The molecule has 0 aromatic carbocycles. The van der Waals surface area contributed by atoms with Gasteiger partial charge in [0, 0.05) is 31.3 Å². The first kappa shape index (κ1) is 7.96. The summed E-state index contributed by atoms with van der Waals surface area (Å²) in [5.74, 6) is 1.04. The summed E-state index contributed by atoms with van der Waals surface area (Å²) in [7, 11) is 0. The van der Waals surface area contributed by atoms with Crippen LogP contribution >= 0.6 is 0 Å². The van der Waals surface area contributed by atoms with Crippen molar-refractivity contribution in [3.05, 3.63) is 5.82 Å². The summed E-state index contributed by atoms with van der Waals surface area (Å²) in [4.78, 5) is 17.1. The van der Waals surface area contributed by atoms with E-state index in [-0.39, 0.29) is 5.41 Å². The van der Waals surface area contributed by atoms with Gasteiger partial charge in [0.25, 0.3) is 0 Å². The molecule has 1 aromatic rings. The van der Waals surface area contributed by atoms with Crippen LogP contribution in [-0.2, 0) is 4.79 Å². The second-order valence-electron chi connectivity index (χ2n) is 4.37. The molecule has 0 radical (unpaired) electrons. The van der Waals surface area contributed by atoms with Crippen molar-refractivity contribution in [1.82, 2.24) is 10.1 Å². The van der Waals surface area contributed by atoms with Crippen LogP contribution in [0.4, 0.5) is 6.01 Å². The van der Waals surface area contributed by atoms with Crippen molar-refractivity contribution >= 4 is 11.8 Å². The summed E-state index contributed by atoms with van der Waals surface area (Å²) in [6.07, 6.45) is 1.47. The SMILES string of the molecule is Cc1noc(N2CC3(CC(=O)C3)C2)n1. The number of carbonyl (C=O) groups excluding carboxylic acids is 1. The van der Waals surface area contributed by atoms with Gasteiger partial charge in [-0.25, -0.2) is 0 Å². The molecule has 0 amide bonds. The van der Waals surface area contributed by atoms with Crippen LogP contribution in [0.15, 0.2) is 4.52 Å². The Kier molecular flexibility index (Phi) is 1.33. The Morgan fingerprint density at radius 3 is 2.64 bits per heavy atom. The minimum absolute atomic E-state index is 0.249. The molecule has 1 saturated carbocycles. The van der Waals surface area contributed by atoms with Crippen molar-refractivity contribution in [2.75, 3.05) is 18.0 Å².